The van der Waals surface area contributed by atoms with Gasteiger partial charge in [0.05, 0.1) is 11.7 Å². The van der Waals surface area contributed by atoms with Crippen molar-refractivity contribution in [1.29, 1.82) is 0 Å². The van der Waals surface area contributed by atoms with E-state index in [0.717, 1.165) is 30.0 Å². The highest BCUT2D eigenvalue weighted by Gasteiger charge is 2.32. The molecule has 0 amide bonds. The van der Waals surface area contributed by atoms with E-state index in [0.29, 0.717) is 0 Å². The molecule has 1 aromatic carbocycles. The number of halogens is 2. The minimum Gasteiger partial charge on any atom is -0.369 e. The maximum absolute atomic E-state index is 6.00. The Kier molecular flexibility index (Phi) is 4.70. The molecule has 2 nitrogen and oxygen atoms in total. The molecule has 0 saturated carbocycles. The zero-order valence-corrected chi connectivity index (χ0v) is 13.2. The van der Waals surface area contributed by atoms with Crippen molar-refractivity contribution in [3.8, 4) is 0 Å². The van der Waals surface area contributed by atoms with Crippen LogP contribution >= 0.6 is 27.5 Å². The molecule has 0 N–H and O–H groups in total. The predicted molar refractivity (Wildman–Crippen MR) is 79.5 cm³/mol. The summed E-state index contributed by atoms with van der Waals surface area (Å²) in [6.45, 7) is 7.18. The molecule has 1 saturated heterocycles. The second-order valence-corrected chi connectivity index (χ2v) is 6.53. The third-order valence-electron chi connectivity index (χ3n) is 3.04. The van der Waals surface area contributed by atoms with E-state index < -0.39 is 0 Å². The molecule has 1 heterocycles. The lowest BCUT2D eigenvalue weighted by Gasteiger charge is -2.42. The molecule has 1 aliphatic heterocycles. The lowest BCUT2D eigenvalue weighted by atomic mass is 10.0. The standard InChI is InChI=1S/C14H19BrClNO/c1-14(2)10-17(9-13(7-15)18-14)8-11-3-5-12(16)6-4-11/h3-6,13H,7-10H2,1-2H3. The first-order valence-electron chi connectivity index (χ1n) is 6.19. The fraction of sp³-hybridized carbons (Fsp3) is 0.571. The van der Waals surface area contributed by atoms with Gasteiger partial charge >= 0.3 is 0 Å². The lowest BCUT2D eigenvalue weighted by Crippen LogP contribution is -2.52. The van der Waals surface area contributed by atoms with Gasteiger partial charge in [0.1, 0.15) is 0 Å². The molecule has 0 aliphatic carbocycles. The molecule has 0 radical (unpaired) electrons. The van der Waals surface area contributed by atoms with Gasteiger partial charge in [0.2, 0.25) is 0 Å². The summed E-state index contributed by atoms with van der Waals surface area (Å²) in [6, 6.07) is 8.08. The summed E-state index contributed by atoms with van der Waals surface area (Å²) >= 11 is 9.42. The summed E-state index contributed by atoms with van der Waals surface area (Å²) in [5.41, 5.74) is 1.22. The van der Waals surface area contributed by atoms with Crippen molar-refractivity contribution in [3.63, 3.8) is 0 Å². The fourth-order valence-electron chi connectivity index (χ4n) is 2.47. The summed E-state index contributed by atoms with van der Waals surface area (Å²) in [5.74, 6) is 0. The Hall–Kier alpha value is -0.0900. The highest BCUT2D eigenvalue weighted by atomic mass is 79.9. The van der Waals surface area contributed by atoms with Crippen LogP contribution in [0.15, 0.2) is 24.3 Å². The smallest absolute Gasteiger partial charge is 0.0806 e. The maximum atomic E-state index is 6.00. The Balaban J connectivity index is 2.02. The molecule has 1 aromatic rings. The Morgan fingerprint density at radius 1 is 1.39 bits per heavy atom. The van der Waals surface area contributed by atoms with Gasteiger partial charge in [0.15, 0.2) is 0 Å². The number of ether oxygens (including phenoxy) is 1. The zero-order valence-electron chi connectivity index (χ0n) is 10.8. The number of hydrogen-bond acceptors (Lipinski definition) is 2. The van der Waals surface area contributed by atoms with Crippen molar-refractivity contribution in [3.05, 3.63) is 34.9 Å². The second-order valence-electron chi connectivity index (χ2n) is 5.45. The number of nitrogens with zero attached hydrogens (tertiary/aromatic N) is 1. The molecule has 1 aliphatic rings. The van der Waals surface area contributed by atoms with Gasteiger partial charge in [-0.1, -0.05) is 39.7 Å². The van der Waals surface area contributed by atoms with Crippen molar-refractivity contribution >= 4 is 27.5 Å². The lowest BCUT2D eigenvalue weighted by molar-refractivity contribution is -0.128. The van der Waals surface area contributed by atoms with Crippen LogP contribution < -0.4 is 0 Å². The van der Waals surface area contributed by atoms with Gasteiger partial charge in [-0.05, 0) is 31.5 Å². The minimum absolute atomic E-state index is 0.0802. The normalized spacial score (nSPS) is 24.1. The van der Waals surface area contributed by atoms with E-state index >= 15 is 0 Å². The van der Waals surface area contributed by atoms with Crippen LogP contribution in [0.5, 0.6) is 0 Å². The van der Waals surface area contributed by atoms with Gasteiger partial charge in [-0.25, -0.2) is 0 Å². The first-order valence-corrected chi connectivity index (χ1v) is 7.69. The number of morpholine rings is 1. The molecule has 1 atom stereocenters. The molecule has 100 valence electrons. The summed E-state index contributed by atoms with van der Waals surface area (Å²) in [6.07, 6.45) is 0.265. The van der Waals surface area contributed by atoms with Gasteiger partial charge in [0.25, 0.3) is 0 Å². The Bertz CT molecular complexity index is 393. The number of benzene rings is 1. The van der Waals surface area contributed by atoms with Gasteiger partial charge in [-0.3, -0.25) is 4.90 Å². The quantitative estimate of drug-likeness (QED) is 0.782. The molecular weight excluding hydrogens is 314 g/mol. The van der Waals surface area contributed by atoms with Crippen LogP contribution in [-0.4, -0.2) is 35.0 Å². The molecule has 0 bridgehead atoms. The van der Waals surface area contributed by atoms with Crippen molar-refractivity contribution in [2.45, 2.75) is 32.1 Å². The number of hydrogen-bond donors (Lipinski definition) is 0. The minimum atomic E-state index is -0.0802. The van der Waals surface area contributed by atoms with E-state index in [4.69, 9.17) is 16.3 Å². The molecule has 1 unspecified atom stereocenters. The van der Waals surface area contributed by atoms with Crippen molar-refractivity contribution < 1.29 is 4.74 Å². The van der Waals surface area contributed by atoms with Crippen LogP contribution in [0, 0.1) is 0 Å². The third-order valence-corrected chi connectivity index (χ3v) is 4.02. The Morgan fingerprint density at radius 2 is 2.06 bits per heavy atom. The largest absolute Gasteiger partial charge is 0.369 e. The Labute approximate surface area is 122 Å². The molecule has 18 heavy (non-hydrogen) atoms. The molecule has 0 aromatic heterocycles. The van der Waals surface area contributed by atoms with Gasteiger partial charge in [0, 0.05) is 30.0 Å². The average Bonchev–Trinajstić information content (AvgIpc) is 2.30. The van der Waals surface area contributed by atoms with E-state index in [1.54, 1.807) is 0 Å². The van der Waals surface area contributed by atoms with Crippen LogP contribution in [0.1, 0.15) is 19.4 Å². The predicted octanol–water partition coefficient (Wildman–Crippen LogP) is 3.71. The number of rotatable bonds is 3. The monoisotopic (exact) mass is 331 g/mol. The summed E-state index contributed by atoms with van der Waals surface area (Å²) in [5, 5.41) is 1.67. The van der Waals surface area contributed by atoms with Crippen LogP contribution in [0.4, 0.5) is 0 Å². The van der Waals surface area contributed by atoms with Crippen LogP contribution in [0.3, 0.4) is 0 Å². The van der Waals surface area contributed by atoms with Gasteiger partial charge < -0.3 is 4.74 Å². The molecular formula is C14H19BrClNO. The van der Waals surface area contributed by atoms with Crippen LogP contribution in [-0.2, 0) is 11.3 Å². The maximum Gasteiger partial charge on any atom is 0.0806 e. The van der Waals surface area contributed by atoms with E-state index in [2.05, 4.69) is 46.8 Å². The van der Waals surface area contributed by atoms with Crippen molar-refractivity contribution in [2.24, 2.45) is 0 Å². The highest BCUT2D eigenvalue weighted by Crippen LogP contribution is 2.23. The zero-order chi connectivity index (χ0) is 13.2. The van der Waals surface area contributed by atoms with E-state index in [1.165, 1.54) is 5.56 Å². The SMILES string of the molecule is CC1(C)CN(Cc2ccc(Cl)cc2)CC(CBr)O1. The topological polar surface area (TPSA) is 12.5 Å². The van der Waals surface area contributed by atoms with Crippen LogP contribution in [0.2, 0.25) is 5.02 Å². The first-order chi connectivity index (χ1) is 8.48. The highest BCUT2D eigenvalue weighted by molar-refractivity contribution is 9.09. The summed E-state index contributed by atoms with van der Waals surface area (Å²) in [4.78, 5) is 2.44. The molecule has 2 rings (SSSR count). The van der Waals surface area contributed by atoms with Gasteiger partial charge in [-0.15, -0.1) is 0 Å². The fourth-order valence-corrected chi connectivity index (χ4v) is 2.93. The molecule has 1 fully saturated rings. The molecule has 0 spiro atoms. The number of alkyl halides is 1. The van der Waals surface area contributed by atoms with Crippen LogP contribution in [0.25, 0.3) is 0 Å². The first kappa shape index (κ1) is 14.3. The Morgan fingerprint density at radius 3 is 2.67 bits per heavy atom. The van der Waals surface area contributed by atoms with Gasteiger partial charge in [-0.2, -0.15) is 0 Å². The summed E-state index contributed by atoms with van der Waals surface area (Å²) in [7, 11) is 0. The third kappa shape index (κ3) is 3.95. The summed E-state index contributed by atoms with van der Waals surface area (Å²) < 4.78 is 6.00. The second kappa shape index (κ2) is 5.91. The van der Waals surface area contributed by atoms with E-state index in [-0.39, 0.29) is 11.7 Å². The molecule has 4 heteroatoms. The van der Waals surface area contributed by atoms with Crippen molar-refractivity contribution in [1.82, 2.24) is 4.90 Å². The van der Waals surface area contributed by atoms with E-state index in [1.807, 2.05) is 12.1 Å². The van der Waals surface area contributed by atoms with Crippen molar-refractivity contribution in [2.75, 3.05) is 18.4 Å². The van der Waals surface area contributed by atoms with E-state index in [9.17, 15) is 0 Å². The average molecular weight is 333 g/mol.